The molecule has 5 heteroatoms. The highest BCUT2D eigenvalue weighted by molar-refractivity contribution is 9.10. The van der Waals surface area contributed by atoms with Gasteiger partial charge in [-0.05, 0) is 17.7 Å². The molecule has 1 heterocycles. The van der Waals surface area contributed by atoms with Crippen molar-refractivity contribution < 1.29 is 4.74 Å². The second-order valence-electron chi connectivity index (χ2n) is 3.96. The minimum Gasteiger partial charge on any atom is -0.388 e. The summed E-state index contributed by atoms with van der Waals surface area (Å²) in [6.45, 7) is 0.953. The molecule has 1 aromatic heterocycles. The molecular formula is C14H13BrN2OS. The van der Waals surface area contributed by atoms with Gasteiger partial charge in [-0.15, -0.1) is 0 Å². The van der Waals surface area contributed by atoms with Crippen LogP contribution in [-0.4, -0.2) is 9.97 Å². The lowest BCUT2D eigenvalue weighted by molar-refractivity contribution is 0.106. The first-order valence-corrected chi connectivity index (χ1v) is 6.93. The van der Waals surface area contributed by atoms with Gasteiger partial charge in [-0.25, -0.2) is 0 Å². The lowest BCUT2D eigenvalue weighted by atomic mass is 10.2. The standard InChI is InChI=1S/C14H13BrN2OS/c15-12-6-2-1-4-10(12)8-18-9-11-5-3-7-17-13(11)14(16)19/h1-7H,8-9H2,(H2,16,19). The van der Waals surface area contributed by atoms with E-state index in [1.54, 1.807) is 6.20 Å². The Morgan fingerprint density at radius 1 is 1.16 bits per heavy atom. The maximum Gasteiger partial charge on any atom is 0.123 e. The van der Waals surface area contributed by atoms with E-state index in [0.717, 1.165) is 15.6 Å². The van der Waals surface area contributed by atoms with Crippen LogP contribution in [0.15, 0.2) is 47.1 Å². The number of nitrogens with two attached hydrogens (primary N) is 1. The monoisotopic (exact) mass is 336 g/mol. The summed E-state index contributed by atoms with van der Waals surface area (Å²) >= 11 is 8.45. The fraction of sp³-hybridized carbons (Fsp3) is 0.143. The van der Waals surface area contributed by atoms with Crippen LogP contribution in [0.5, 0.6) is 0 Å². The number of benzene rings is 1. The Labute approximate surface area is 125 Å². The van der Waals surface area contributed by atoms with Gasteiger partial charge >= 0.3 is 0 Å². The summed E-state index contributed by atoms with van der Waals surface area (Å²) in [5, 5.41) is 0. The van der Waals surface area contributed by atoms with Crippen molar-refractivity contribution in [3.05, 3.63) is 63.9 Å². The zero-order valence-electron chi connectivity index (χ0n) is 10.2. The minimum absolute atomic E-state index is 0.292. The molecule has 2 N–H and O–H groups in total. The van der Waals surface area contributed by atoms with Crippen molar-refractivity contribution >= 4 is 33.1 Å². The molecule has 0 saturated carbocycles. The molecule has 0 atom stereocenters. The van der Waals surface area contributed by atoms with Gasteiger partial charge in [0.15, 0.2) is 0 Å². The van der Waals surface area contributed by atoms with Gasteiger partial charge in [0.05, 0.1) is 13.2 Å². The Hall–Kier alpha value is -1.30. The Morgan fingerprint density at radius 3 is 2.58 bits per heavy atom. The van der Waals surface area contributed by atoms with Crippen molar-refractivity contribution in [3.8, 4) is 0 Å². The molecule has 0 fully saturated rings. The third-order valence-corrected chi connectivity index (χ3v) is 3.56. The number of pyridine rings is 1. The van der Waals surface area contributed by atoms with E-state index in [4.69, 9.17) is 22.7 Å². The van der Waals surface area contributed by atoms with Gasteiger partial charge < -0.3 is 10.5 Å². The van der Waals surface area contributed by atoms with E-state index < -0.39 is 0 Å². The summed E-state index contributed by atoms with van der Waals surface area (Å²) in [6, 6.07) is 11.7. The molecule has 0 bridgehead atoms. The maximum absolute atomic E-state index is 5.69. The van der Waals surface area contributed by atoms with Crippen LogP contribution in [0.25, 0.3) is 0 Å². The molecule has 1 aromatic carbocycles. The molecule has 0 aliphatic heterocycles. The smallest absolute Gasteiger partial charge is 0.123 e. The lowest BCUT2D eigenvalue weighted by Gasteiger charge is -2.09. The number of rotatable bonds is 5. The Morgan fingerprint density at radius 2 is 1.84 bits per heavy atom. The molecule has 3 nitrogen and oxygen atoms in total. The van der Waals surface area contributed by atoms with E-state index in [1.165, 1.54) is 0 Å². The van der Waals surface area contributed by atoms with Crippen molar-refractivity contribution in [2.45, 2.75) is 13.2 Å². The van der Waals surface area contributed by atoms with Crippen LogP contribution < -0.4 is 5.73 Å². The summed E-state index contributed by atoms with van der Waals surface area (Å²) in [4.78, 5) is 4.46. The molecule has 0 unspecified atom stereocenters. The quantitative estimate of drug-likeness (QED) is 0.852. The van der Waals surface area contributed by atoms with E-state index in [1.807, 2.05) is 36.4 Å². The Kier molecular flexibility index (Phi) is 5.01. The average molecular weight is 337 g/mol. The molecule has 98 valence electrons. The number of thiocarbonyl (C=S) groups is 1. The summed E-state index contributed by atoms with van der Waals surface area (Å²) in [5.41, 5.74) is 8.26. The first-order chi connectivity index (χ1) is 9.18. The topological polar surface area (TPSA) is 48.1 Å². The van der Waals surface area contributed by atoms with E-state index in [0.29, 0.717) is 23.9 Å². The summed E-state index contributed by atoms with van der Waals surface area (Å²) in [6.07, 6.45) is 1.67. The van der Waals surface area contributed by atoms with Crippen LogP contribution in [0.2, 0.25) is 0 Å². The van der Waals surface area contributed by atoms with Crippen molar-refractivity contribution in [2.24, 2.45) is 5.73 Å². The molecule has 0 saturated heterocycles. The second-order valence-corrected chi connectivity index (χ2v) is 5.25. The Bertz CT molecular complexity index is 589. The van der Waals surface area contributed by atoms with Gasteiger partial charge in [0.2, 0.25) is 0 Å². The van der Waals surface area contributed by atoms with Crippen molar-refractivity contribution in [1.82, 2.24) is 4.98 Å². The molecule has 0 amide bonds. The van der Waals surface area contributed by atoms with Gasteiger partial charge in [-0.3, -0.25) is 4.98 Å². The van der Waals surface area contributed by atoms with E-state index in [-0.39, 0.29) is 0 Å². The number of ether oxygens (including phenoxy) is 1. The average Bonchev–Trinajstić information content (AvgIpc) is 2.41. The van der Waals surface area contributed by atoms with E-state index >= 15 is 0 Å². The first-order valence-electron chi connectivity index (χ1n) is 5.73. The summed E-state index contributed by atoms with van der Waals surface area (Å²) < 4.78 is 6.73. The normalized spacial score (nSPS) is 10.4. The highest BCUT2D eigenvalue weighted by Gasteiger charge is 2.06. The number of hydrogen-bond acceptors (Lipinski definition) is 3. The van der Waals surface area contributed by atoms with Gasteiger partial charge in [0.25, 0.3) is 0 Å². The maximum atomic E-state index is 5.69. The van der Waals surface area contributed by atoms with Gasteiger partial charge in [-0.2, -0.15) is 0 Å². The molecule has 0 radical (unpaired) electrons. The van der Waals surface area contributed by atoms with Crippen LogP contribution in [0, 0.1) is 0 Å². The van der Waals surface area contributed by atoms with Crippen LogP contribution in [-0.2, 0) is 18.0 Å². The first kappa shape index (κ1) is 14.1. The summed E-state index contributed by atoms with van der Waals surface area (Å²) in [5.74, 6) is 0. The molecule has 0 aliphatic carbocycles. The van der Waals surface area contributed by atoms with Crippen LogP contribution >= 0.6 is 28.1 Å². The third-order valence-electron chi connectivity index (χ3n) is 2.60. The lowest BCUT2D eigenvalue weighted by Crippen LogP contribution is -2.15. The highest BCUT2D eigenvalue weighted by Crippen LogP contribution is 2.17. The molecular weight excluding hydrogens is 324 g/mol. The SMILES string of the molecule is NC(=S)c1ncccc1COCc1ccccc1Br. The highest BCUT2D eigenvalue weighted by atomic mass is 79.9. The van der Waals surface area contributed by atoms with Crippen LogP contribution in [0.1, 0.15) is 16.8 Å². The van der Waals surface area contributed by atoms with Crippen molar-refractivity contribution in [1.29, 1.82) is 0 Å². The van der Waals surface area contributed by atoms with Gasteiger partial charge in [-0.1, -0.05) is 52.4 Å². The number of halogens is 1. The number of aromatic nitrogens is 1. The fourth-order valence-corrected chi connectivity index (χ4v) is 2.25. The number of nitrogens with zero attached hydrogens (tertiary/aromatic N) is 1. The fourth-order valence-electron chi connectivity index (χ4n) is 1.66. The second kappa shape index (κ2) is 6.75. The summed E-state index contributed by atoms with van der Waals surface area (Å²) in [7, 11) is 0. The molecule has 19 heavy (non-hydrogen) atoms. The molecule has 2 aromatic rings. The number of hydrogen-bond donors (Lipinski definition) is 1. The van der Waals surface area contributed by atoms with Gasteiger partial charge in [0.1, 0.15) is 10.7 Å². The predicted molar refractivity (Wildman–Crippen MR) is 82.8 cm³/mol. The third kappa shape index (κ3) is 3.83. The molecule has 0 spiro atoms. The zero-order valence-corrected chi connectivity index (χ0v) is 12.6. The van der Waals surface area contributed by atoms with E-state index in [9.17, 15) is 0 Å². The van der Waals surface area contributed by atoms with Crippen molar-refractivity contribution in [3.63, 3.8) is 0 Å². The Balaban J connectivity index is 2.00. The minimum atomic E-state index is 0.292. The van der Waals surface area contributed by atoms with Crippen LogP contribution in [0.4, 0.5) is 0 Å². The predicted octanol–water partition coefficient (Wildman–Crippen LogP) is 3.20. The van der Waals surface area contributed by atoms with Crippen LogP contribution in [0.3, 0.4) is 0 Å². The van der Waals surface area contributed by atoms with Crippen molar-refractivity contribution in [2.75, 3.05) is 0 Å². The van der Waals surface area contributed by atoms with E-state index in [2.05, 4.69) is 20.9 Å². The molecule has 2 rings (SSSR count). The molecule has 0 aliphatic rings. The van der Waals surface area contributed by atoms with Gasteiger partial charge in [0, 0.05) is 16.2 Å². The largest absolute Gasteiger partial charge is 0.388 e. The zero-order chi connectivity index (χ0) is 13.7.